The molecule has 4 nitrogen and oxygen atoms in total. The number of carbonyl (C=O) groups excluding carboxylic acids is 1. The highest BCUT2D eigenvalue weighted by atomic mass is 127. The Kier molecular flexibility index (Phi) is 6.55. The summed E-state index contributed by atoms with van der Waals surface area (Å²) in [7, 11) is 0. The number of rotatable bonds is 4. The largest absolute Gasteiger partial charge is 0.416 e. The Labute approximate surface area is 191 Å². The molecule has 2 aromatic carbocycles. The van der Waals surface area contributed by atoms with Gasteiger partial charge in [-0.2, -0.15) is 18.4 Å². The molecule has 0 saturated carbocycles. The molecule has 0 aliphatic carbocycles. The van der Waals surface area contributed by atoms with Crippen LogP contribution in [-0.2, 0) is 11.0 Å². The first kappa shape index (κ1) is 22.6. The molecule has 1 amide bonds. The Hall–Kier alpha value is -3.06. The van der Waals surface area contributed by atoms with Crippen LogP contribution in [-0.4, -0.2) is 10.5 Å². The Morgan fingerprint density at radius 1 is 1.13 bits per heavy atom. The monoisotopic (exact) mass is 535 g/mol. The molecule has 8 heteroatoms. The summed E-state index contributed by atoms with van der Waals surface area (Å²) >= 11 is 2.22. The van der Waals surface area contributed by atoms with Gasteiger partial charge in [-0.3, -0.25) is 4.79 Å². The lowest BCUT2D eigenvalue weighted by atomic mass is 10.1. The summed E-state index contributed by atoms with van der Waals surface area (Å²) in [6.07, 6.45) is -3.09. The zero-order chi connectivity index (χ0) is 22.8. The number of halogens is 4. The van der Waals surface area contributed by atoms with Crippen LogP contribution in [0.15, 0.2) is 60.2 Å². The fourth-order valence-corrected chi connectivity index (χ4v) is 3.56. The number of hydrogen-bond acceptors (Lipinski definition) is 2. The molecular formula is C23H17F3IN3O. The van der Waals surface area contributed by atoms with Gasteiger partial charge in [0, 0.05) is 26.3 Å². The number of anilines is 1. The molecule has 0 atom stereocenters. The Balaban J connectivity index is 1.90. The van der Waals surface area contributed by atoms with Crippen molar-refractivity contribution in [2.45, 2.75) is 20.0 Å². The molecule has 0 spiro atoms. The van der Waals surface area contributed by atoms with Crippen LogP contribution in [0.5, 0.6) is 0 Å². The zero-order valence-corrected chi connectivity index (χ0v) is 18.7. The number of nitrogens with zero attached hydrogens (tertiary/aromatic N) is 2. The minimum atomic E-state index is -4.53. The average Bonchev–Trinajstić information content (AvgIpc) is 2.99. The van der Waals surface area contributed by atoms with E-state index in [1.165, 1.54) is 18.2 Å². The number of nitrogens with one attached hydrogen (secondary N) is 1. The predicted molar refractivity (Wildman–Crippen MR) is 122 cm³/mol. The number of aryl methyl sites for hydroxylation is 1. The molecule has 3 rings (SSSR count). The molecule has 158 valence electrons. The van der Waals surface area contributed by atoms with Crippen LogP contribution in [0.2, 0.25) is 0 Å². The Morgan fingerprint density at radius 2 is 1.81 bits per heavy atom. The highest BCUT2D eigenvalue weighted by molar-refractivity contribution is 14.1. The van der Waals surface area contributed by atoms with Crippen LogP contribution in [0.4, 0.5) is 18.9 Å². The van der Waals surface area contributed by atoms with E-state index in [-0.39, 0.29) is 11.3 Å². The summed E-state index contributed by atoms with van der Waals surface area (Å²) < 4.78 is 41.8. The maximum absolute atomic E-state index is 12.9. The quantitative estimate of drug-likeness (QED) is 0.244. The molecule has 3 aromatic rings. The molecule has 1 heterocycles. The normalized spacial score (nSPS) is 11.8. The van der Waals surface area contributed by atoms with Gasteiger partial charge < -0.3 is 9.88 Å². The molecule has 0 radical (unpaired) electrons. The first-order chi connectivity index (χ1) is 14.6. The topological polar surface area (TPSA) is 57.8 Å². The molecule has 1 aromatic heterocycles. The summed E-state index contributed by atoms with van der Waals surface area (Å²) in [5.41, 5.74) is 2.24. The second-order valence-electron chi connectivity index (χ2n) is 6.84. The molecule has 0 saturated heterocycles. The van der Waals surface area contributed by atoms with Crippen molar-refractivity contribution in [3.63, 3.8) is 0 Å². The van der Waals surface area contributed by atoms with Crippen LogP contribution < -0.4 is 5.32 Å². The maximum Gasteiger partial charge on any atom is 0.416 e. The summed E-state index contributed by atoms with van der Waals surface area (Å²) in [4.78, 5) is 12.5. The van der Waals surface area contributed by atoms with Gasteiger partial charge in [0.05, 0.1) is 5.56 Å². The fraction of sp³-hybridized carbons (Fsp3) is 0.130. The smallest absolute Gasteiger partial charge is 0.321 e. The van der Waals surface area contributed by atoms with E-state index in [1.807, 2.05) is 54.8 Å². The van der Waals surface area contributed by atoms with Crippen molar-refractivity contribution in [3.8, 4) is 11.8 Å². The van der Waals surface area contributed by atoms with Crippen LogP contribution in [0.1, 0.15) is 22.5 Å². The third kappa shape index (κ3) is 5.17. The molecule has 0 unspecified atom stereocenters. The van der Waals surface area contributed by atoms with Gasteiger partial charge >= 0.3 is 6.18 Å². The van der Waals surface area contributed by atoms with Crippen molar-refractivity contribution in [3.05, 3.63) is 86.3 Å². The first-order valence-electron chi connectivity index (χ1n) is 9.15. The number of benzene rings is 2. The van der Waals surface area contributed by atoms with Gasteiger partial charge in [0.2, 0.25) is 0 Å². The standard InChI is InChI=1S/C23H17F3IN3O/c1-14-10-16(15(2)30(14)21-8-6-19(27)7-9-21)11-17(13-28)22(31)29-20-5-3-4-18(12-20)23(24,25)26/h3-12H,1-2H3,(H,29,31). The SMILES string of the molecule is Cc1cc(C=C(C#N)C(=O)Nc2cccc(C(F)(F)F)c2)c(C)n1-c1ccc(I)cc1. The van der Waals surface area contributed by atoms with Crippen molar-refractivity contribution in [1.82, 2.24) is 4.57 Å². The number of hydrogen-bond donors (Lipinski definition) is 1. The molecular weight excluding hydrogens is 518 g/mol. The molecule has 0 fully saturated rings. The lowest BCUT2D eigenvalue weighted by Gasteiger charge is -2.10. The number of aromatic nitrogens is 1. The molecule has 1 N–H and O–H groups in total. The Bertz CT molecular complexity index is 1200. The number of alkyl halides is 3. The lowest BCUT2D eigenvalue weighted by molar-refractivity contribution is -0.137. The van der Waals surface area contributed by atoms with Gasteiger partial charge in [-0.05, 0) is 96.6 Å². The second kappa shape index (κ2) is 8.98. The van der Waals surface area contributed by atoms with Gasteiger partial charge in [0.25, 0.3) is 5.91 Å². The highest BCUT2D eigenvalue weighted by Gasteiger charge is 2.30. The zero-order valence-electron chi connectivity index (χ0n) is 16.6. The molecule has 0 bridgehead atoms. The predicted octanol–water partition coefficient (Wildman–Crippen LogP) is 6.26. The summed E-state index contributed by atoms with van der Waals surface area (Å²) in [6.45, 7) is 3.79. The van der Waals surface area contributed by atoms with Crippen molar-refractivity contribution >= 4 is 40.3 Å². The number of amides is 1. The first-order valence-corrected chi connectivity index (χ1v) is 10.2. The minimum absolute atomic E-state index is 0.0367. The van der Waals surface area contributed by atoms with Gasteiger partial charge in [0.1, 0.15) is 11.6 Å². The average molecular weight is 535 g/mol. The molecule has 0 aliphatic heterocycles. The highest BCUT2D eigenvalue weighted by Crippen LogP contribution is 2.31. The molecule has 0 aliphatic rings. The van der Waals surface area contributed by atoms with Gasteiger partial charge in [0.15, 0.2) is 0 Å². The van der Waals surface area contributed by atoms with Crippen LogP contribution >= 0.6 is 22.6 Å². The van der Waals surface area contributed by atoms with Crippen molar-refractivity contribution in [2.24, 2.45) is 0 Å². The van der Waals surface area contributed by atoms with E-state index in [4.69, 9.17) is 0 Å². The maximum atomic E-state index is 12.9. The third-order valence-electron chi connectivity index (χ3n) is 4.67. The van der Waals surface area contributed by atoms with E-state index in [0.717, 1.165) is 32.8 Å². The third-order valence-corrected chi connectivity index (χ3v) is 5.39. The Morgan fingerprint density at radius 3 is 2.42 bits per heavy atom. The summed E-state index contributed by atoms with van der Waals surface area (Å²) in [5.74, 6) is -0.777. The van der Waals surface area contributed by atoms with E-state index in [1.54, 1.807) is 0 Å². The minimum Gasteiger partial charge on any atom is -0.321 e. The van der Waals surface area contributed by atoms with E-state index in [2.05, 4.69) is 27.9 Å². The summed E-state index contributed by atoms with van der Waals surface area (Å²) in [5, 5.41) is 11.8. The van der Waals surface area contributed by atoms with E-state index < -0.39 is 17.6 Å². The van der Waals surface area contributed by atoms with Crippen molar-refractivity contribution < 1.29 is 18.0 Å². The fourth-order valence-electron chi connectivity index (χ4n) is 3.20. The van der Waals surface area contributed by atoms with Gasteiger partial charge in [-0.25, -0.2) is 0 Å². The van der Waals surface area contributed by atoms with Gasteiger partial charge in [-0.1, -0.05) is 6.07 Å². The summed E-state index contributed by atoms with van der Waals surface area (Å²) in [6, 6.07) is 15.9. The number of carbonyl (C=O) groups is 1. The van der Waals surface area contributed by atoms with Gasteiger partial charge in [-0.15, -0.1) is 0 Å². The number of nitriles is 1. The van der Waals surface area contributed by atoms with E-state index >= 15 is 0 Å². The van der Waals surface area contributed by atoms with Crippen molar-refractivity contribution in [2.75, 3.05) is 5.32 Å². The second-order valence-corrected chi connectivity index (χ2v) is 8.09. The van der Waals surface area contributed by atoms with Crippen LogP contribution in [0, 0.1) is 28.7 Å². The lowest BCUT2D eigenvalue weighted by Crippen LogP contribution is -2.14. The van der Waals surface area contributed by atoms with Crippen molar-refractivity contribution in [1.29, 1.82) is 5.26 Å². The van der Waals surface area contributed by atoms with Crippen LogP contribution in [0.25, 0.3) is 11.8 Å². The van der Waals surface area contributed by atoms with E-state index in [0.29, 0.717) is 5.56 Å². The molecule has 31 heavy (non-hydrogen) atoms. The van der Waals surface area contributed by atoms with E-state index in [9.17, 15) is 23.2 Å². The van der Waals surface area contributed by atoms with Crippen LogP contribution in [0.3, 0.4) is 0 Å².